The monoisotopic (exact) mass is 510 g/mol. The normalized spacial score (nSPS) is 34.5. The van der Waals surface area contributed by atoms with Crippen LogP contribution < -0.4 is 4.90 Å². The molecule has 1 N–H and O–H groups in total. The number of aliphatic hydroxyl groups is 1. The lowest BCUT2D eigenvalue weighted by Gasteiger charge is -2.39. The van der Waals surface area contributed by atoms with Crippen LogP contribution in [0, 0.1) is 25.7 Å². The van der Waals surface area contributed by atoms with Crippen LogP contribution >= 0.6 is 11.8 Å². The Morgan fingerprint density at radius 1 is 1.14 bits per heavy atom. The molecule has 1 unspecified atom stereocenters. The highest BCUT2D eigenvalue weighted by atomic mass is 32.2. The highest BCUT2D eigenvalue weighted by Crippen LogP contribution is 2.65. The van der Waals surface area contributed by atoms with E-state index in [1.807, 2.05) is 70.2 Å². The van der Waals surface area contributed by atoms with Crippen molar-refractivity contribution in [1.82, 2.24) is 4.90 Å². The van der Waals surface area contributed by atoms with Gasteiger partial charge < -0.3 is 19.6 Å². The molecule has 4 heterocycles. The van der Waals surface area contributed by atoms with Gasteiger partial charge in [-0.2, -0.15) is 0 Å². The van der Waals surface area contributed by atoms with E-state index in [-0.39, 0.29) is 25.0 Å². The molecule has 0 saturated carbocycles. The minimum Gasteiger partial charge on any atom is -0.465 e. The number of esters is 1. The van der Waals surface area contributed by atoms with Gasteiger partial charge in [0.15, 0.2) is 0 Å². The summed E-state index contributed by atoms with van der Waals surface area (Å²) in [6, 6.07) is 4.65. The van der Waals surface area contributed by atoms with Gasteiger partial charge in [-0.25, -0.2) is 0 Å². The summed E-state index contributed by atoms with van der Waals surface area (Å²) >= 11 is 1.53. The Morgan fingerprint density at radius 3 is 2.64 bits per heavy atom. The molecule has 6 atom stereocenters. The maximum atomic E-state index is 14.5. The van der Waals surface area contributed by atoms with E-state index in [9.17, 15) is 19.5 Å². The molecule has 7 nitrogen and oxygen atoms in total. The van der Waals surface area contributed by atoms with E-state index in [1.165, 1.54) is 11.8 Å². The number of hydrogen-bond donors (Lipinski definition) is 1. The molecule has 1 aromatic carbocycles. The van der Waals surface area contributed by atoms with Gasteiger partial charge in [0.25, 0.3) is 5.91 Å². The van der Waals surface area contributed by atoms with Gasteiger partial charge in [-0.15, -0.1) is 11.8 Å². The largest absolute Gasteiger partial charge is 0.465 e. The van der Waals surface area contributed by atoms with Gasteiger partial charge in [-0.3, -0.25) is 14.4 Å². The number of thioether (sulfide) groups is 1. The van der Waals surface area contributed by atoms with Crippen molar-refractivity contribution in [2.45, 2.75) is 62.1 Å². The van der Waals surface area contributed by atoms with Gasteiger partial charge in [0.1, 0.15) is 6.04 Å². The first-order valence-corrected chi connectivity index (χ1v) is 13.5. The molecule has 1 aromatic rings. The Hall–Kier alpha value is -2.58. The number of rotatable bonds is 4. The number of hydrogen-bond acceptors (Lipinski definition) is 6. The fourth-order valence-electron chi connectivity index (χ4n) is 6.46. The average Bonchev–Trinajstić information content (AvgIpc) is 3.16. The summed E-state index contributed by atoms with van der Waals surface area (Å²) in [6.07, 6.45) is 9.11. The first kappa shape index (κ1) is 25.1. The van der Waals surface area contributed by atoms with Gasteiger partial charge >= 0.3 is 5.97 Å². The number of carbonyl (C=O) groups excluding carboxylic acids is 3. The van der Waals surface area contributed by atoms with Gasteiger partial charge in [-0.05, 0) is 50.8 Å². The summed E-state index contributed by atoms with van der Waals surface area (Å²) in [4.78, 5) is 45.4. The van der Waals surface area contributed by atoms with Crippen molar-refractivity contribution in [3.63, 3.8) is 0 Å². The fourth-order valence-corrected chi connectivity index (χ4v) is 8.60. The molecular weight excluding hydrogens is 476 g/mol. The summed E-state index contributed by atoms with van der Waals surface area (Å²) in [6.45, 7) is 8.24. The van der Waals surface area contributed by atoms with Gasteiger partial charge in [0, 0.05) is 17.0 Å². The smallest absolute Gasteiger partial charge is 0.311 e. The lowest BCUT2D eigenvalue weighted by atomic mass is 9.74. The van der Waals surface area contributed by atoms with Crippen molar-refractivity contribution in [2.24, 2.45) is 11.8 Å². The fraction of sp³-hybridized carbons (Fsp3) is 0.536. The second-order valence-corrected chi connectivity index (χ2v) is 12.3. The Morgan fingerprint density at radius 2 is 1.92 bits per heavy atom. The highest BCUT2D eigenvalue weighted by Gasteiger charge is 2.74. The Balaban J connectivity index is 1.70. The van der Waals surface area contributed by atoms with E-state index in [0.29, 0.717) is 19.4 Å². The molecule has 1 spiro atoms. The standard InChI is InChI=1S/C28H34N2O5S/c1-5-19(16-31)30-23-25(33)29(20-15-17(2)9-10-18(20)3)13-8-12-28(23)21(24(30)32)22-26(34)35-14-7-6-11-27(22,4)36-28/h6,8-12,15,19,21-23,31H,5,7,13-14,16H2,1-4H3/t19-,21-,22-,23?,27+,28-/m0/s1. The number of cyclic esters (lactones) is 1. The third-order valence-corrected chi connectivity index (χ3v) is 9.99. The Bertz CT molecular complexity index is 1160. The number of benzene rings is 1. The maximum absolute atomic E-state index is 14.5. The number of ether oxygens (including phenoxy) is 1. The number of aliphatic hydroxyl groups excluding tert-OH is 1. The van der Waals surface area contributed by atoms with E-state index in [4.69, 9.17) is 4.74 Å². The van der Waals surface area contributed by atoms with Crippen LogP contribution in [0.15, 0.2) is 42.5 Å². The van der Waals surface area contributed by atoms with Crippen LogP contribution in [-0.2, 0) is 19.1 Å². The van der Waals surface area contributed by atoms with Gasteiger partial charge in [0.2, 0.25) is 5.91 Å². The van der Waals surface area contributed by atoms with E-state index < -0.39 is 39.4 Å². The predicted octanol–water partition coefficient (Wildman–Crippen LogP) is 3.17. The second kappa shape index (κ2) is 9.06. The molecule has 36 heavy (non-hydrogen) atoms. The summed E-state index contributed by atoms with van der Waals surface area (Å²) in [5.41, 5.74) is 2.83. The summed E-state index contributed by atoms with van der Waals surface area (Å²) in [7, 11) is 0. The van der Waals surface area contributed by atoms with Crippen LogP contribution in [0.3, 0.4) is 0 Å². The van der Waals surface area contributed by atoms with Gasteiger partial charge in [-0.1, -0.05) is 43.4 Å². The molecular formula is C28H34N2O5S. The minimum atomic E-state index is -0.948. The molecule has 2 saturated heterocycles. The van der Waals surface area contributed by atoms with Crippen molar-refractivity contribution in [2.75, 3.05) is 24.7 Å². The summed E-state index contributed by atoms with van der Waals surface area (Å²) in [5, 5.41) is 10.2. The summed E-state index contributed by atoms with van der Waals surface area (Å²) in [5.74, 6) is -2.31. The first-order valence-electron chi connectivity index (χ1n) is 12.7. The number of aryl methyl sites for hydroxylation is 2. The number of anilines is 1. The Kier molecular flexibility index (Phi) is 6.32. The van der Waals surface area contributed by atoms with E-state index >= 15 is 0 Å². The van der Waals surface area contributed by atoms with E-state index in [2.05, 4.69) is 0 Å². The maximum Gasteiger partial charge on any atom is 0.311 e. The molecule has 8 heteroatoms. The minimum absolute atomic E-state index is 0.181. The third kappa shape index (κ3) is 3.56. The molecule has 0 bridgehead atoms. The molecule has 0 radical (unpaired) electrons. The molecule has 4 aliphatic heterocycles. The van der Waals surface area contributed by atoms with Crippen molar-refractivity contribution < 1.29 is 24.2 Å². The molecule has 2 amide bonds. The second-order valence-electron chi connectivity index (χ2n) is 10.5. The van der Waals surface area contributed by atoms with Crippen molar-refractivity contribution in [1.29, 1.82) is 0 Å². The number of likely N-dealkylation sites (tertiary alicyclic amines) is 1. The zero-order chi connectivity index (χ0) is 25.8. The lowest BCUT2D eigenvalue weighted by molar-refractivity contribution is -0.154. The first-order chi connectivity index (χ1) is 17.2. The van der Waals surface area contributed by atoms with Crippen LogP contribution in [0.25, 0.3) is 0 Å². The summed E-state index contributed by atoms with van der Waals surface area (Å²) < 4.78 is 3.94. The van der Waals surface area contributed by atoms with Crippen molar-refractivity contribution in [3.8, 4) is 0 Å². The number of carbonyl (C=O) groups is 3. The predicted molar refractivity (Wildman–Crippen MR) is 140 cm³/mol. The van der Waals surface area contributed by atoms with Crippen LogP contribution in [0.2, 0.25) is 0 Å². The SMILES string of the molecule is CC[C@@H](CO)N1C(=O)[C@@H]2[C@H]3C(=O)OCCC=C[C@@]3(C)S[C@@]23C=CCN(c2cc(C)ccc2C)C(=O)C13. The topological polar surface area (TPSA) is 87.2 Å². The van der Waals surface area contributed by atoms with Crippen LogP contribution in [-0.4, -0.2) is 69.1 Å². The van der Waals surface area contributed by atoms with Crippen LogP contribution in [0.1, 0.15) is 37.8 Å². The molecule has 4 aliphatic rings. The number of fused-ring (bicyclic) bond motifs is 2. The van der Waals surface area contributed by atoms with Crippen molar-refractivity contribution in [3.05, 3.63) is 53.6 Å². The lowest BCUT2D eigenvalue weighted by Crippen LogP contribution is -2.57. The van der Waals surface area contributed by atoms with E-state index in [0.717, 1.165) is 16.8 Å². The molecule has 2 fully saturated rings. The molecule has 192 valence electrons. The van der Waals surface area contributed by atoms with Gasteiger partial charge in [0.05, 0.1) is 35.8 Å². The van der Waals surface area contributed by atoms with E-state index in [1.54, 1.807) is 9.80 Å². The third-order valence-electron chi connectivity index (χ3n) is 8.19. The molecule has 0 aromatic heterocycles. The van der Waals surface area contributed by atoms with Crippen LogP contribution in [0.5, 0.6) is 0 Å². The average molecular weight is 511 g/mol. The zero-order valence-corrected chi connectivity index (χ0v) is 22.1. The highest BCUT2D eigenvalue weighted by molar-refractivity contribution is 8.02. The quantitative estimate of drug-likeness (QED) is 0.495. The van der Waals surface area contributed by atoms with Crippen molar-refractivity contribution >= 4 is 35.2 Å². The van der Waals surface area contributed by atoms with Crippen LogP contribution in [0.4, 0.5) is 5.69 Å². The zero-order valence-electron chi connectivity index (χ0n) is 21.3. The Labute approximate surface area is 216 Å². The number of amides is 2. The molecule has 0 aliphatic carbocycles. The molecule has 5 rings (SSSR count). The number of nitrogens with zero attached hydrogens (tertiary/aromatic N) is 2.